The Balaban J connectivity index is 4.29. The molecule has 6 heteroatoms. The number of rotatable bonds is 42. The van der Waals surface area contributed by atoms with Gasteiger partial charge in [-0.25, -0.2) is 0 Å². The number of esters is 3. The second kappa shape index (κ2) is 41.1. The van der Waals surface area contributed by atoms with Gasteiger partial charge in [-0.2, -0.15) is 0 Å². The molecule has 6 nitrogen and oxygen atoms in total. The second-order valence-electron chi connectivity index (χ2n) is 17.3. The van der Waals surface area contributed by atoms with E-state index in [2.05, 4.69) is 34.6 Å². The summed E-state index contributed by atoms with van der Waals surface area (Å²) in [7, 11) is 0. The molecule has 0 spiro atoms. The van der Waals surface area contributed by atoms with Gasteiger partial charge >= 0.3 is 17.9 Å². The summed E-state index contributed by atoms with van der Waals surface area (Å²) < 4.78 is 16.7. The minimum atomic E-state index is -0.760. The molecular weight excluding hydrogens is 673 g/mol. The highest BCUT2D eigenvalue weighted by atomic mass is 16.6. The summed E-state index contributed by atoms with van der Waals surface area (Å²) in [5.74, 6) is 0.777. The molecule has 0 unspecified atom stereocenters. The fraction of sp³-hybridized carbons (Fsp3) is 0.938. The highest BCUT2D eigenvalue weighted by Gasteiger charge is 2.19. The van der Waals surface area contributed by atoms with Crippen molar-refractivity contribution >= 4 is 17.9 Å². The van der Waals surface area contributed by atoms with Gasteiger partial charge in [-0.1, -0.05) is 221 Å². The van der Waals surface area contributed by atoms with Gasteiger partial charge in [-0.05, 0) is 31.1 Å². The first-order chi connectivity index (χ1) is 26.2. The summed E-state index contributed by atoms with van der Waals surface area (Å²) in [6.45, 7) is 11.3. The summed E-state index contributed by atoms with van der Waals surface area (Å²) in [5, 5.41) is 0. The Labute approximate surface area is 336 Å². The molecule has 0 saturated heterocycles. The maximum atomic E-state index is 12.7. The number of ether oxygens (including phenoxy) is 3. The van der Waals surface area contributed by atoms with Crippen LogP contribution in [0.3, 0.4) is 0 Å². The van der Waals surface area contributed by atoms with Gasteiger partial charge in [-0.15, -0.1) is 0 Å². The molecular formula is C48H92O6. The van der Waals surface area contributed by atoms with Crippen LogP contribution in [0.5, 0.6) is 0 Å². The van der Waals surface area contributed by atoms with Gasteiger partial charge in [0.1, 0.15) is 13.2 Å². The summed E-state index contributed by atoms with van der Waals surface area (Å²) in [4.78, 5) is 37.7. The topological polar surface area (TPSA) is 78.9 Å². The monoisotopic (exact) mass is 765 g/mol. The minimum absolute atomic E-state index is 0.0649. The molecule has 0 aliphatic heterocycles. The zero-order valence-corrected chi connectivity index (χ0v) is 36.8. The van der Waals surface area contributed by atoms with Gasteiger partial charge < -0.3 is 14.2 Å². The molecule has 0 rings (SSSR count). The normalized spacial score (nSPS) is 12.1. The van der Waals surface area contributed by atoms with E-state index in [9.17, 15) is 14.4 Å². The standard InChI is InChI=1S/C48H92O6/c1-6-7-8-9-10-16-23-28-33-38-46(49)52-41-45(42-53-47(50)39-34-29-24-20-19-22-27-32-37-44(4)5)54-48(51)40-35-30-25-18-15-13-11-12-14-17-21-26-31-36-43(2)3/h43-45H,6-42H2,1-5H3/t45-/m1/s1. The van der Waals surface area contributed by atoms with Crippen LogP contribution >= 0.6 is 0 Å². The maximum absolute atomic E-state index is 12.7. The first-order valence-corrected chi connectivity index (χ1v) is 23.7. The molecule has 0 aliphatic carbocycles. The Morgan fingerprint density at radius 1 is 0.352 bits per heavy atom. The number of carbonyl (C=O) groups is 3. The quantitative estimate of drug-likeness (QED) is 0.0350. The summed E-state index contributed by atoms with van der Waals surface area (Å²) in [6, 6.07) is 0. The van der Waals surface area contributed by atoms with Crippen molar-refractivity contribution in [2.24, 2.45) is 11.8 Å². The van der Waals surface area contributed by atoms with Crippen LogP contribution in [0.2, 0.25) is 0 Å². The average Bonchev–Trinajstić information content (AvgIpc) is 3.14. The van der Waals surface area contributed by atoms with Gasteiger partial charge in [0.25, 0.3) is 0 Å². The molecule has 1 atom stereocenters. The lowest BCUT2D eigenvalue weighted by atomic mass is 10.0. The Morgan fingerprint density at radius 3 is 0.907 bits per heavy atom. The summed E-state index contributed by atoms with van der Waals surface area (Å²) >= 11 is 0. The van der Waals surface area contributed by atoms with E-state index in [1.165, 1.54) is 148 Å². The van der Waals surface area contributed by atoms with Crippen LogP contribution in [0.25, 0.3) is 0 Å². The van der Waals surface area contributed by atoms with Crippen LogP contribution in [0, 0.1) is 11.8 Å². The van der Waals surface area contributed by atoms with Crippen molar-refractivity contribution in [2.45, 2.75) is 265 Å². The number of hydrogen-bond acceptors (Lipinski definition) is 6. The average molecular weight is 765 g/mol. The van der Waals surface area contributed by atoms with Gasteiger partial charge in [0.05, 0.1) is 0 Å². The van der Waals surface area contributed by atoms with Crippen LogP contribution in [0.15, 0.2) is 0 Å². The Kier molecular flexibility index (Phi) is 39.8. The molecule has 0 N–H and O–H groups in total. The number of unbranched alkanes of at least 4 members (excludes halogenated alkanes) is 27. The molecule has 0 saturated carbocycles. The van der Waals surface area contributed by atoms with E-state index in [0.717, 1.165) is 69.6 Å². The number of hydrogen-bond donors (Lipinski definition) is 0. The molecule has 0 radical (unpaired) electrons. The Morgan fingerprint density at radius 2 is 0.611 bits per heavy atom. The van der Waals surface area contributed by atoms with E-state index in [1.807, 2.05) is 0 Å². The van der Waals surface area contributed by atoms with Crippen molar-refractivity contribution in [1.29, 1.82) is 0 Å². The molecule has 54 heavy (non-hydrogen) atoms. The zero-order valence-electron chi connectivity index (χ0n) is 36.8. The molecule has 0 amide bonds. The molecule has 0 bridgehead atoms. The van der Waals surface area contributed by atoms with Gasteiger partial charge in [0, 0.05) is 19.3 Å². The van der Waals surface area contributed by atoms with Crippen LogP contribution in [0.4, 0.5) is 0 Å². The SMILES string of the molecule is CCCCCCCCCCCC(=O)OC[C@H](COC(=O)CCCCCCCCCCC(C)C)OC(=O)CCCCCCCCCCCCCCCC(C)C. The van der Waals surface area contributed by atoms with Crippen molar-refractivity contribution < 1.29 is 28.6 Å². The molecule has 320 valence electrons. The first kappa shape index (κ1) is 52.4. The van der Waals surface area contributed by atoms with Crippen molar-refractivity contribution in [2.75, 3.05) is 13.2 Å². The van der Waals surface area contributed by atoms with Gasteiger partial charge in [0.15, 0.2) is 6.10 Å². The highest BCUT2D eigenvalue weighted by molar-refractivity contribution is 5.71. The van der Waals surface area contributed by atoms with Crippen LogP contribution in [0.1, 0.15) is 259 Å². The fourth-order valence-corrected chi connectivity index (χ4v) is 7.11. The van der Waals surface area contributed by atoms with Crippen molar-refractivity contribution in [3.8, 4) is 0 Å². The van der Waals surface area contributed by atoms with Crippen molar-refractivity contribution in [3.05, 3.63) is 0 Å². The van der Waals surface area contributed by atoms with Gasteiger partial charge in [0.2, 0.25) is 0 Å². The lowest BCUT2D eigenvalue weighted by Crippen LogP contribution is -2.30. The third-order valence-corrected chi connectivity index (χ3v) is 10.7. The summed E-state index contributed by atoms with van der Waals surface area (Å²) in [6.07, 6.45) is 39.5. The van der Waals surface area contributed by atoms with E-state index >= 15 is 0 Å². The van der Waals surface area contributed by atoms with E-state index in [4.69, 9.17) is 14.2 Å². The van der Waals surface area contributed by atoms with E-state index in [0.29, 0.717) is 19.3 Å². The maximum Gasteiger partial charge on any atom is 0.306 e. The third-order valence-electron chi connectivity index (χ3n) is 10.7. The molecule has 0 aromatic carbocycles. The predicted molar refractivity (Wildman–Crippen MR) is 229 cm³/mol. The van der Waals surface area contributed by atoms with Crippen LogP contribution < -0.4 is 0 Å². The summed E-state index contributed by atoms with van der Waals surface area (Å²) in [5.41, 5.74) is 0. The van der Waals surface area contributed by atoms with Crippen molar-refractivity contribution in [3.63, 3.8) is 0 Å². The zero-order chi connectivity index (χ0) is 39.7. The Bertz CT molecular complexity index is 824. The van der Waals surface area contributed by atoms with Gasteiger partial charge in [-0.3, -0.25) is 14.4 Å². The largest absolute Gasteiger partial charge is 0.462 e. The molecule has 0 fully saturated rings. The van der Waals surface area contributed by atoms with Crippen LogP contribution in [-0.4, -0.2) is 37.2 Å². The molecule has 0 aromatic heterocycles. The second-order valence-corrected chi connectivity index (χ2v) is 17.3. The van der Waals surface area contributed by atoms with Crippen molar-refractivity contribution in [1.82, 2.24) is 0 Å². The van der Waals surface area contributed by atoms with E-state index in [-0.39, 0.29) is 31.1 Å². The highest BCUT2D eigenvalue weighted by Crippen LogP contribution is 2.17. The lowest BCUT2D eigenvalue weighted by molar-refractivity contribution is -0.167. The Hall–Kier alpha value is -1.59. The smallest absolute Gasteiger partial charge is 0.306 e. The number of carbonyl (C=O) groups excluding carboxylic acids is 3. The lowest BCUT2D eigenvalue weighted by Gasteiger charge is -2.18. The van der Waals surface area contributed by atoms with E-state index in [1.54, 1.807) is 0 Å². The minimum Gasteiger partial charge on any atom is -0.462 e. The molecule has 0 aliphatic rings. The fourth-order valence-electron chi connectivity index (χ4n) is 7.11. The van der Waals surface area contributed by atoms with Crippen LogP contribution in [-0.2, 0) is 28.6 Å². The third kappa shape index (κ3) is 41.6. The first-order valence-electron chi connectivity index (χ1n) is 23.7. The van der Waals surface area contributed by atoms with E-state index < -0.39 is 6.10 Å². The molecule has 0 aromatic rings. The molecule has 0 heterocycles. The predicted octanol–water partition coefficient (Wildman–Crippen LogP) is 15.0.